The Morgan fingerprint density at radius 3 is 2.24 bits per heavy atom. The summed E-state index contributed by atoms with van der Waals surface area (Å²) in [4.78, 5) is 0. The van der Waals surface area contributed by atoms with Gasteiger partial charge in [-0.3, -0.25) is 0 Å². The summed E-state index contributed by atoms with van der Waals surface area (Å²) in [6.45, 7) is 4.66. The molecule has 0 aromatic rings. The third-order valence-electron chi connectivity index (χ3n) is 4.69. The lowest BCUT2D eigenvalue weighted by atomic mass is 9.91. The fourth-order valence-electron chi connectivity index (χ4n) is 3.61. The summed E-state index contributed by atoms with van der Waals surface area (Å²) < 4.78 is 27.4. The van der Waals surface area contributed by atoms with Gasteiger partial charge in [-0.25, -0.2) is 8.42 Å². The molecular weight excluding hydrogens is 308 g/mol. The molecule has 1 aliphatic heterocycles. The quantitative estimate of drug-likeness (QED) is 0.810. The molecular formula is C15H31ClN2O2S. The average Bonchev–Trinajstić information content (AvgIpc) is 2.46. The number of hydrogen-bond acceptors (Lipinski definition) is 3. The molecule has 2 aliphatic rings. The second-order valence-corrected chi connectivity index (χ2v) is 8.34. The first-order valence-electron chi connectivity index (χ1n) is 8.33. The van der Waals surface area contributed by atoms with Gasteiger partial charge < -0.3 is 5.32 Å². The minimum atomic E-state index is -3.08. The van der Waals surface area contributed by atoms with Gasteiger partial charge in [0.2, 0.25) is 10.0 Å². The molecule has 0 atom stereocenters. The summed E-state index contributed by atoms with van der Waals surface area (Å²) in [7, 11) is -3.08. The summed E-state index contributed by atoms with van der Waals surface area (Å²) in [6, 6.07) is 0.227. The zero-order valence-electron chi connectivity index (χ0n) is 13.2. The SMILES string of the molecule is CCCN(C1CCNCC1)S(=O)(=O)CC1CCCCC1.Cl. The standard InChI is InChI=1S/C15H30N2O2S.ClH/c1-2-12-17(15-8-10-16-11-9-15)20(18,19)13-14-6-4-3-5-7-14;/h14-16H,2-13H2,1H3;1H. The van der Waals surface area contributed by atoms with Crippen molar-refractivity contribution in [2.45, 2.75) is 64.3 Å². The van der Waals surface area contributed by atoms with Gasteiger partial charge in [0.25, 0.3) is 0 Å². The molecule has 0 aromatic carbocycles. The maximum atomic E-state index is 12.8. The molecule has 0 bridgehead atoms. The molecule has 2 rings (SSSR count). The Bertz CT molecular complexity index is 377. The van der Waals surface area contributed by atoms with E-state index in [9.17, 15) is 8.42 Å². The maximum Gasteiger partial charge on any atom is 0.214 e. The molecule has 4 nitrogen and oxygen atoms in total. The number of nitrogens with zero attached hydrogens (tertiary/aromatic N) is 1. The molecule has 2 fully saturated rings. The minimum Gasteiger partial charge on any atom is -0.317 e. The summed E-state index contributed by atoms with van der Waals surface area (Å²) >= 11 is 0. The van der Waals surface area contributed by atoms with Crippen molar-refractivity contribution in [3.8, 4) is 0 Å². The lowest BCUT2D eigenvalue weighted by Gasteiger charge is -2.35. The number of halogens is 1. The van der Waals surface area contributed by atoms with E-state index in [0.29, 0.717) is 18.2 Å². The van der Waals surface area contributed by atoms with E-state index in [0.717, 1.165) is 45.2 Å². The molecule has 0 aromatic heterocycles. The number of rotatable bonds is 6. The van der Waals surface area contributed by atoms with Gasteiger partial charge in [-0.05, 0) is 51.1 Å². The van der Waals surface area contributed by atoms with Gasteiger partial charge in [0.15, 0.2) is 0 Å². The molecule has 0 amide bonds. The number of sulfonamides is 1. The van der Waals surface area contributed by atoms with Crippen molar-refractivity contribution >= 4 is 22.4 Å². The van der Waals surface area contributed by atoms with Crippen LogP contribution in [0.15, 0.2) is 0 Å². The first kappa shape index (κ1) is 19.2. The van der Waals surface area contributed by atoms with Gasteiger partial charge in [0, 0.05) is 12.6 Å². The molecule has 1 heterocycles. The van der Waals surface area contributed by atoms with Crippen molar-refractivity contribution in [3.05, 3.63) is 0 Å². The lowest BCUT2D eigenvalue weighted by molar-refractivity contribution is 0.259. The summed E-state index contributed by atoms with van der Waals surface area (Å²) in [5, 5.41) is 3.32. The monoisotopic (exact) mass is 338 g/mol. The normalized spacial score (nSPS) is 22.2. The largest absolute Gasteiger partial charge is 0.317 e. The molecule has 1 N–H and O–H groups in total. The molecule has 6 heteroatoms. The van der Waals surface area contributed by atoms with Crippen molar-refractivity contribution in [1.29, 1.82) is 0 Å². The fourth-order valence-corrected chi connectivity index (χ4v) is 5.86. The highest BCUT2D eigenvalue weighted by Gasteiger charge is 2.32. The Morgan fingerprint density at radius 1 is 1.05 bits per heavy atom. The van der Waals surface area contributed by atoms with Gasteiger partial charge >= 0.3 is 0 Å². The van der Waals surface area contributed by atoms with Gasteiger partial charge in [0.1, 0.15) is 0 Å². The number of nitrogens with one attached hydrogen (secondary N) is 1. The van der Waals surface area contributed by atoms with Gasteiger partial charge in [-0.1, -0.05) is 26.2 Å². The Kier molecular flexibility index (Phi) is 8.54. The first-order valence-corrected chi connectivity index (χ1v) is 9.94. The van der Waals surface area contributed by atoms with Crippen LogP contribution in [0.3, 0.4) is 0 Å². The maximum absolute atomic E-state index is 12.8. The van der Waals surface area contributed by atoms with E-state index in [-0.39, 0.29) is 18.4 Å². The smallest absolute Gasteiger partial charge is 0.214 e. The number of piperidine rings is 1. The Labute approximate surface area is 136 Å². The van der Waals surface area contributed by atoms with Crippen LogP contribution in [0.25, 0.3) is 0 Å². The Morgan fingerprint density at radius 2 is 1.67 bits per heavy atom. The van der Waals surface area contributed by atoms with Crippen molar-refractivity contribution < 1.29 is 8.42 Å². The van der Waals surface area contributed by atoms with Crippen molar-refractivity contribution in [2.24, 2.45) is 5.92 Å². The molecule has 1 saturated carbocycles. The lowest BCUT2D eigenvalue weighted by Crippen LogP contribution is -2.47. The van der Waals surface area contributed by atoms with Crippen LogP contribution in [0.1, 0.15) is 58.3 Å². The van der Waals surface area contributed by atoms with Gasteiger partial charge in [-0.15, -0.1) is 12.4 Å². The van der Waals surface area contributed by atoms with Gasteiger partial charge in [-0.2, -0.15) is 4.31 Å². The minimum absolute atomic E-state index is 0. The molecule has 21 heavy (non-hydrogen) atoms. The fraction of sp³-hybridized carbons (Fsp3) is 1.00. The zero-order chi connectivity index (χ0) is 14.4. The molecule has 1 aliphatic carbocycles. The second-order valence-electron chi connectivity index (χ2n) is 6.37. The summed E-state index contributed by atoms with van der Waals surface area (Å²) in [6.07, 6.45) is 8.74. The van der Waals surface area contributed by atoms with Crippen molar-refractivity contribution in [3.63, 3.8) is 0 Å². The third-order valence-corrected chi connectivity index (χ3v) is 6.78. The molecule has 0 radical (unpaired) electrons. The highest BCUT2D eigenvalue weighted by atomic mass is 35.5. The molecule has 1 saturated heterocycles. The van der Waals surface area contributed by atoms with Crippen LogP contribution >= 0.6 is 12.4 Å². The molecule has 0 unspecified atom stereocenters. The van der Waals surface area contributed by atoms with Crippen molar-refractivity contribution in [2.75, 3.05) is 25.4 Å². The van der Waals surface area contributed by atoms with E-state index >= 15 is 0 Å². The van der Waals surface area contributed by atoms with E-state index in [2.05, 4.69) is 12.2 Å². The molecule has 126 valence electrons. The van der Waals surface area contributed by atoms with E-state index in [1.54, 1.807) is 0 Å². The topological polar surface area (TPSA) is 49.4 Å². The summed E-state index contributed by atoms with van der Waals surface area (Å²) in [5.41, 5.74) is 0. The highest BCUT2D eigenvalue weighted by molar-refractivity contribution is 7.89. The van der Waals surface area contributed by atoms with Crippen LogP contribution in [0.4, 0.5) is 0 Å². The highest BCUT2D eigenvalue weighted by Crippen LogP contribution is 2.27. The van der Waals surface area contributed by atoms with E-state index in [1.165, 1.54) is 19.3 Å². The third kappa shape index (κ3) is 5.70. The summed E-state index contributed by atoms with van der Waals surface area (Å²) in [5.74, 6) is 0.784. The van der Waals surface area contributed by atoms with Crippen LogP contribution in [-0.4, -0.2) is 44.2 Å². The van der Waals surface area contributed by atoms with Crippen LogP contribution in [0.2, 0.25) is 0 Å². The van der Waals surface area contributed by atoms with E-state index in [1.807, 2.05) is 4.31 Å². The van der Waals surface area contributed by atoms with E-state index in [4.69, 9.17) is 0 Å². The van der Waals surface area contributed by atoms with Crippen LogP contribution in [0.5, 0.6) is 0 Å². The predicted molar refractivity (Wildman–Crippen MR) is 90.5 cm³/mol. The predicted octanol–water partition coefficient (Wildman–Crippen LogP) is 2.78. The average molecular weight is 339 g/mol. The van der Waals surface area contributed by atoms with Crippen LogP contribution in [0, 0.1) is 5.92 Å². The van der Waals surface area contributed by atoms with Gasteiger partial charge in [0.05, 0.1) is 5.75 Å². The Balaban J connectivity index is 0.00000220. The molecule has 0 spiro atoms. The van der Waals surface area contributed by atoms with Crippen LogP contribution < -0.4 is 5.32 Å². The Hall–Kier alpha value is 0.160. The van der Waals surface area contributed by atoms with Crippen molar-refractivity contribution in [1.82, 2.24) is 9.62 Å². The number of hydrogen-bond donors (Lipinski definition) is 1. The van der Waals surface area contributed by atoms with Crippen LogP contribution in [-0.2, 0) is 10.0 Å². The first-order chi connectivity index (χ1) is 9.63. The van der Waals surface area contributed by atoms with E-state index < -0.39 is 10.0 Å². The zero-order valence-corrected chi connectivity index (χ0v) is 14.9. The second kappa shape index (κ2) is 9.33.